The summed E-state index contributed by atoms with van der Waals surface area (Å²) in [6, 6.07) is 9.53. The molecule has 0 saturated carbocycles. The van der Waals surface area contributed by atoms with Crippen LogP contribution in [0.1, 0.15) is 29.7 Å². The van der Waals surface area contributed by atoms with E-state index in [4.69, 9.17) is 0 Å². The summed E-state index contributed by atoms with van der Waals surface area (Å²) in [6.45, 7) is 4.51. The van der Waals surface area contributed by atoms with Crippen molar-refractivity contribution in [3.05, 3.63) is 70.1 Å². The topological polar surface area (TPSA) is 55.2 Å². The Morgan fingerprint density at radius 1 is 1.25 bits per heavy atom. The number of hydrogen-bond donors (Lipinski definition) is 0. The van der Waals surface area contributed by atoms with Gasteiger partial charge in [-0.3, -0.25) is 14.2 Å². The minimum absolute atomic E-state index is 0.0211. The van der Waals surface area contributed by atoms with E-state index < -0.39 is 0 Å². The third kappa shape index (κ3) is 3.52. The molecule has 0 spiro atoms. The van der Waals surface area contributed by atoms with E-state index in [-0.39, 0.29) is 17.9 Å². The number of fused-ring (bicyclic) bond motifs is 3. The Morgan fingerprint density at radius 3 is 2.82 bits per heavy atom. The minimum atomic E-state index is -0.0366. The molecule has 0 N–H and O–H groups in total. The molecule has 0 aliphatic heterocycles. The summed E-state index contributed by atoms with van der Waals surface area (Å²) < 4.78 is 1.58. The number of carbonyl (C=O) groups is 1. The minimum Gasteiger partial charge on any atom is -0.309 e. The van der Waals surface area contributed by atoms with Gasteiger partial charge >= 0.3 is 0 Å². The molecule has 0 unspecified atom stereocenters. The molecule has 4 rings (SSSR count). The quantitative estimate of drug-likeness (QED) is 0.596. The van der Waals surface area contributed by atoms with Crippen LogP contribution in [0.5, 0.6) is 0 Å². The van der Waals surface area contributed by atoms with Crippen LogP contribution in [0, 0.1) is 0 Å². The Bertz CT molecular complexity index is 1070. The van der Waals surface area contributed by atoms with Gasteiger partial charge in [-0.2, -0.15) is 0 Å². The molecule has 1 amide bonds. The van der Waals surface area contributed by atoms with Gasteiger partial charge in [-0.15, -0.1) is 17.9 Å². The number of carbonyl (C=O) groups excluding carboxylic acids is 1. The first-order valence-electron chi connectivity index (χ1n) is 9.65. The summed E-state index contributed by atoms with van der Waals surface area (Å²) in [6.07, 6.45) is 7.84. The molecule has 0 radical (unpaired) electrons. The van der Waals surface area contributed by atoms with Crippen molar-refractivity contribution in [2.24, 2.45) is 0 Å². The fourth-order valence-electron chi connectivity index (χ4n) is 3.78. The highest BCUT2D eigenvalue weighted by atomic mass is 32.1. The normalized spacial score (nSPS) is 13.3. The van der Waals surface area contributed by atoms with Crippen LogP contribution < -0.4 is 10.5 Å². The van der Waals surface area contributed by atoms with Gasteiger partial charge in [0.1, 0.15) is 4.83 Å². The second-order valence-electron chi connectivity index (χ2n) is 7.01. The number of nitrogens with zero attached hydrogens (tertiary/aromatic N) is 3. The highest BCUT2D eigenvalue weighted by Crippen LogP contribution is 2.33. The van der Waals surface area contributed by atoms with E-state index in [1.807, 2.05) is 30.3 Å². The average molecular weight is 394 g/mol. The highest BCUT2D eigenvalue weighted by molar-refractivity contribution is 7.18. The molecule has 0 bridgehead atoms. The molecule has 0 atom stereocenters. The van der Waals surface area contributed by atoms with Gasteiger partial charge in [0.15, 0.2) is 0 Å². The Kier molecular flexibility index (Phi) is 5.39. The molecule has 6 heteroatoms. The Morgan fingerprint density at radius 2 is 2.04 bits per heavy atom. The highest BCUT2D eigenvalue weighted by Gasteiger charge is 2.20. The maximum Gasteiger partial charge on any atom is 0.262 e. The van der Waals surface area contributed by atoms with Crippen LogP contribution in [0.15, 0.2) is 54.1 Å². The van der Waals surface area contributed by atoms with Crippen LogP contribution in [-0.4, -0.2) is 22.0 Å². The monoisotopic (exact) mass is 393 g/mol. The van der Waals surface area contributed by atoms with Gasteiger partial charge < -0.3 is 4.90 Å². The van der Waals surface area contributed by atoms with Crippen LogP contribution in [0.2, 0.25) is 0 Å². The summed E-state index contributed by atoms with van der Waals surface area (Å²) in [4.78, 5) is 34.2. The zero-order valence-electron chi connectivity index (χ0n) is 15.8. The Hall–Kier alpha value is -2.73. The van der Waals surface area contributed by atoms with Crippen molar-refractivity contribution in [3.63, 3.8) is 0 Å². The number of para-hydroxylation sites is 1. The molecule has 2 aromatic heterocycles. The molecule has 144 valence electrons. The van der Waals surface area contributed by atoms with Crippen molar-refractivity contribution in [2.75, 3.05) is 11.4 Å². The number of amides is 1. The second kappa shape index (κ2) is 8.10. The molecular formula is C22H23N3O2S. The third-order valence-corrected chi connectivity index (χ3v) is 6.39. The molecular weight excluding hydrogens is 370 g/mol. The molecule has 3 aromatic rings. The van der Waals surface area contributed by atoms with Crippen molar-refractivity contribution in [2.45, 2.75) is 38.6 Å². The largest absolute Gasteiger partial charge is 0.309 e. The summed E-state index contributed by atoms with van der Waals surface area (Å²) in [5.74, 6) is -0.0366. The first-order valence-corrected chi connectivity index (χ1v) is 10.5. The summed E-state index contributed by atoms with van der Waals surface area (Å²) in [5, 5.41) is 0.764. The van der Waals surface area contributed by atoms with E-state index >= 15 is 0 Å². The third-order valence-electron chi connectivity index (χ3n) is 5.19. The van der Waals surface area contributed by atoms with Gasteiger partial charge in [0.25, 0.3) is 5.56 Å². The van der Waals surface area contributed by atoms with Gasteiger partial charge in [0, 0.05) is 30.1 Å². The predicted molar refractivity (Wildman–Crippen MR) is 114 cm³/mol. The first-order chi connectivity index (χ1) is 13.7. The van der Waals surface area contributed by atoms with E-state index in [1.165, 1.54) is 16.9 Å². The lowest BCUT2D eigenvalue weighted by Gasteiger charge is -2.21. The van der Waals surface area contributed by atoms with Crippen molar-refractivity contribution in [1.82, 2.24) is 9.55 Å². The smallest absolute Gasteiger partial charge is 0.262 e. The predicted octanol–water partition coefficient (Wildman–Crippen LogP) is 3.95. The summed E-state index contributed by atoms with van der Waals surface area (Å²) >= 11 is 1.65. The van der Waals surface area contributed by atoms with Crippen molar-refractivity contribution < 1.29 is 4.79 Å². The zero-order chi connectivity index (χ0) is 19.5. The molecule has 1 aliphatic rings. The van der Waals surface area contributed by atoms with E-state index in [1.54, 1.807) is 33.2 Å². The van der Waals surface area contributed by atoms with Gasteiger partial charge in [-0.1, -0.05) is 24.3 Å². The number of hydrogen-bond acceptors (Lipinski definition) is 4. The van der Waals surface area contributed by atoms with E-state index in [0.717, 1.165) is 35.2 Å². The summed E-state index contributed by atoms with van der Waals surface area (Å²) in [5.41, 5.74) is 1.99. The molecule has 1 aromatic carbocycles. The molecule has 0 saturated heterocycles. The lowest BCUT2D eigenvalue weighted by molar-refractivity contribution is -0.118. The SMILES string of the molecule is C=CCN(C(=O)CCn1cnc2sc3c(c2c1=O)CCCC3)c1ccccc1. The van der Waals surface area contributed by atoms with Gasteiger partial charge in [-0.05, 0) is 43.4 Å². The number of rotatable bonds is 6. The van der Waals surface area contributed by atoms with Crippen LogP contribution in [-0.2, 0) is 24.2 Å². The van der Waals surface area contributed by atoms with Crippen molar-refractivity contribution in [1.29, 1.82) is 0 Å². The molecule has 5 nitrogen and oxygen atoms in total. The number of aromatic nitrogens is 2. The van der Waals surface area contributed by atoms with Gasteiger partial charge in [-0.25, -0.2) is 4.98 Å². The zero-order valence-corrected chi connectivity index (χ0v) is 16.6. The fraction of sp³-hybridized carbons (Fsp3) is 0.318. The molecule has 0 fully saturated rings. The molecule has 28 heavy (non-hydrogen) atoms. The van der Waals surface area contributed by atoms with Crippen LogP contribution in [0.3, 0.4) is 0 Å². The van der Waals surface area contributed by atoms with Gasteiger partial charge in [0.05, 0.1) is 11.7 Å². The van der Waals surface area contributed by atoms with E-state index in [0.29, 0.717) is 13.1 Å². The number of aryl methyl sites for hydroxylation is 3. The van der Waals surface area contributed by atoms with E-state index in [9.17, 15) is 9.59 Å². The average Bonchev–Trinajstić information content (AvgIpc) is 3.11. The fourth-order valence-corrected chi connectivity index (χ4v) is 5.00. The Labute approximate surface area is 167 Å². The van der Waals surface area contributed by atoms with Crippen LogP contribution in [0.25, 0.3) is 10.2 Å². The Balaban J connectivity index is 1.56. The maximum absolute atomic E-state index is 13.0. The lowest BCUT2D eigenvalue weighted by Crippen LogP contribution is -2.33. The number of thiophene rings is 1. The lowest BCUT2D eigenvalue weighted by atomic mass is 9.97. The molecule has 2 heterocycles. The van der Waals surface area contributed by atoms with Crippen LogP contribution in [0.4, 0.5) is 5.69 Å². The van der Waals surface area contributed by atoms with Crippen molar-refractivity contribution in [3.8, 4) is 0 Å². The second-order valence-corrected chi connectivity index (χ2v) is 8.10. The van der Waals surface area contributed by atoms with Gasteiger partial charge in [0.2, 0.25) is 5.91 Å². The standard InChI is InChI=1S/C22H23N3O2S/c1-2-13-25(16-8-4-3-5-9-16)19(26)12-14-24-15-23-21-20(22(24)27)17-10-6-7-11-18(17)28-21/h2-5,8-9,15H,1,6-7,10-14H2. The number of anilines is 1. The van der Waals surface area contributed by atoms with E-state index in [2.05, 4.69) is 11.6 Å². The summed E-state index contributed by atoms with van der Waals surface area (Å²) in [7, 11) is 0. The first kappa shape index (κ1) is 18.6. The number of benzene rings is 1. The van der Waals surface area contributed by atoms with Crippen LogP contribution >= 0.6 is 11.3 Å². The molecule has 1 aliphatic carbocycles. The van der Waals surface area contributed by atoms with Crippen molar-refractivity contribution >= 4 is 33.1 Å². The maximum atomic E-state index is 13.0.